The van der Waals surface area contributed by atoms with Crippen LogP contribution < -0.4 is 5.32 Å². The highest BCUT2D eigenvalue weighted by atomic mass is 35.5. The highest BCUT2D eigenvalue weighted by Crippen LogP contribution is 2.27. The van der Waals surface area contributed by atoms with Gasteiger partial charge in [0.1, 0.15) is 5.82 Å². The van der Waals surface area contributed by atoms with Gasteiger partial charge < -0.3 is 5.32 Å². The molecule has 1 heterocycles. The van der Waals surface area contributed by atoms with Crippen molar-refractivity contribution >= 4 is 46.3 Å². The Kier molecular flexibility index (Phi) is 3.54. The van der Waals surface area contributed by atoms with Crippen LogP contribution in [0.25, 0.3) is 0 Å². The number of nitrogens with zero attached hydrogens (tertiary/aromatic N) is 1. The molecule has 0 amide bonds. The molecule has 0 saturated heterocycles. The minimum Gasteiger partial charge on any atom is -0.339 e. The summed E-state index contributed by atoms with van der Waals surface area (Å²) < 4.78 is 0. The van der Waals surface area contributed by atoms with E-state index < -0.39 is 0 Å². The maximum atomic E-state index is 6.00. The van der Waals surface area contributed by atoms with Crippen LogP contribution in [0.4, 0.5) is 11.5 Å². The van der Waals surface area contributed by atoms with Crippen LogP contribution in [0.2, 0.25) is 15.1 Å². The number of rotatable bonds is 2. The zero-order chi connectivity index (χ0) is 11.5. The lowest BCUT2D eigenvalue weighted by Gasteiger charge is -2.07. The van der Waals surface area contributed by atoms with E-state index in [9.17, 15) is 0 Å². The molecule has 1 aromatic heterocycles. The summed E-state index contributed by atoms with van der Waals surface area (Å²) in [7, 11) is 0. The summed E-state index contributed by atoms with van der Waals surface area (Å²) in [5.41, 5.74) is 0.712. The average Bonchev–Trinajstić information content (AvgIpc) is 2.27. The first-order valence-electron chi connectivity index (χ1n) is 4.49. The van der Waals surface area contributed by atoms with Crippen molar-refractivity contribution in [2.45, 2.75) is 0 Å². The number of hydrogen-bond acceptors (Lipinski definition) is 2. The van der Waals surface area contributed by atoms with Gasteiger partial charge in [0.25, 0.3) is 0 Å². The minimum atomic E-state index is 0.584. The maximum absolute atomic E-state index is 6.00. The van der Waals surface area contributed by atoms with Crippen molar-refractivity contribution in [3.8, 4) is 0 Å². The van der Waals surface area contributed by atoms with Crippen molar-refractivity contribution in [3.05, 3.63) is 51.6 Å². The number of nitrogens with one attached hydrogen (secondary N) is 1. The molecule has 0 bridgehead atoms. The number of halogens is 3. The predicted octanol–water partition coefficient (Wildman–Crippen LogP) is 4.79. The molecule has 0 unspecified atom stereocenters. The fourth-order valence-electron chi connectivity index (χ4n) is 1.18. The maximum Gasteiger partial charge on any atom is 0.130 e. The second-order valence-corrected chi connectivity index (χ2v) is 4.39. The van der Waals surface area contributed by atoms with Gasteiger partial charge in [0.2, 0.25) is 0 Å². The molecule has 0 saturated carbocycles. The molecule has 0 aliphatic carbocycles. The van der Waals surface area contributed by atoms with Crippen molar-refractivity contribution in [1.82, 2.24) is 4.98 Å². The van der Waals surface area contributed by atoms with Gasteiger partial charge in [0.05, 0.1) is 15.7 Å². The van der Waals surface area contributed by atoms with Crippen molar-refractivity contribution in [3.63, 3.8) is 0 Å². The normalized spacial score (nSPS) is 10.2. The first-order chi connectivity index (χ1) is 7.65. The van der Waals surface area contributed by atoms with Crippen LogP contribution in [0.1, 0.15) is 0 Å². The minimum absolute atomic E-state index is 0.584. The van der Waals surface area contributed by atoms with E-state index in [1.165, 1.54) is 0 Å². The Morgan fingerprint density at radius 2 is 1.69 bits per heavy atom. The number of benzene rings is 1. The summed E-state index contributed by atoms with van der Waals surface area (Å²) in [6.45, 7) is 0. The molecule has 82 valence electrons. The smallest absolute Gasteiger partial charge is 0.130 e. The van der Waals surface area contributed by atoms with Crippen molar-refractivity contribution in [2.24, 2.45) is 0 Å². The topological polar surface area (TPSA) is 24.9 Å². The molecular formula is C11H7Cl3N2. The van der Waals surface area contributed by atoms with Crippen LogP contribution in [0, 0.1) is 0 Å². The molecule has 16 heavy (non-hydrogen) atoms. The summed E-state index contributed by atoms with van der Waals surface area (Å²) in [4.78, 5) is 4.10. The Hall–Kier alpha value is -0.960. The fraction of sp³-hybridized carbons (Fsp3) is 0. The highest BCUT2D eigenvalue weighted by Gasteiger charge is 2.02. The first kappa shape index (κ1) is 11.5. The van der Waals surface area contributed by atoms with Gasteiger partial charge in [0.15, 0.2) is 0 Å². The number of hydrogen-bond donors (Lipinski definition) is 1. The molecule has 1 aromatic carbocycles. The predicted molar refractivity (Wildman–Crippen MR) is 69.0 cm³/mol. The lowest BCUT2D eigenvalue weighted by Crippen LogP contribution is -1.93. The zero-order valence-corrected chi connectivity index (χ0v) is 10.3. The van der Waals surface area contributed by atoms with Crippen molar-refractivity contribution < 1.29 is 0 Å². The third kappa shape index (κ3) is 2.79. The molecule has 0 radical (unpaired) electrons. The third-order valence-electron chi connectivity index (χ3n) is 1.92. The van der Waals surface area contributed by atoms with E-state index >= 15 is 0 Å². The molecule has 0 aliphatic rings. The molecule has 0 atom stereocenters. The second-order valence-electron chi connectivity index (χ2n) is 3.11. The Morgan fingerprint density at radius 1 is 0.938 bits per heavy atom. The molecule has 2 rings (SSSR count). The standard InChI is InChI=1S/C11H7Cl3N2/c12-7-1-3-9(14)10(5-7)16-11-4-2-8(13)6-15-11/h1-6H,(H,15,16). The summed E-state index contributed by atoms with van der Waals surface area (Å²) >= 11 is 17.6. The van der Waals surface area contributed by atoms with E-state index in [-0.39, 0.29) is 0 Å². The zero-order valence-electron chi connectivity index (χ0n) is 8.05. The van der Waals surface area contributed by atoms with Crippen LogP contribution in [-0.2, 0) is 0 Å². The molecule has 2 aromatic rings. The molecule has 0 aliphatic heterocycles. The summed E-state index contributed by atoms with van der Waals surface area (Å²) in [5.74, 6) is 0.661. The first-order valence-corrected chi connectivity index (χ1v) is 5.62. The number of aromatic nitrogens is 1. The summed E-state index contributed by atoms with van der Waals surface area (Å²) in [6, 6.07) is 8.70. The Bertz CT molecular complexity index is 497. The van der Waals surface area contributed by atoms with Crippen LogP contribution in [0.3, 0.4) is 0 Å². The summed E-state index contributed by atoms with van der Waals surface area (Å²) in [5, 5.41) is 4.84. The quantitative estimate of drug-likeness (QED) is 0.851. The van der Waals surface area contributed by atoms with E-state index in [1.54, 1.807) is 36.5 Å². The van der Waals surface area contributed by atoms with Crippen LogP contribution in [0.15, 0.2) is 36.5 Å². The Labute approximate surface area is 108 Å². The lowest BCUT2D eigenvalue weighted by atomic mass is 10.3. The van der Waals surface area contributed by atoms with Crippen LogP contribution >= 0.6 is 34.8 Å². The average molecular weight is 274 g/mol. The SMILES string of the molecule is Clc1ccc(Nc2cc(Cl)ccc2Cl)nc1. The Morgan fingerprint density at radius 3 is 2.38 bits per heavy atom. The Balaban J connectivity index is 2.26. The van der Waals surface area contributed by atoms with E-state index in [2.05, 4.69) is 10.3 Å². The molecular weight excluding hydrogens is 266 g/mol. The van der Waals surface area contributed by atoms with E-state index in [0.29, 0.717) is 26.6 Å². The van der Waals surface area contributed by atoms with Gasteiger partial charge in [-0.2, -0.15) is 0 Å². The molecule has 5 heteroatoms. The van der Waals surface area contributed by atoms with E-state index in [0.717, 1.165) is 0 Å². The molecule has 0 fully saturated rings. The van der Waals surface area contributed by atoms with Gasteiger partial charge >= 0.3 is 0 Å². The van der Waals surface area contributed by atoms with Crippen molar-refractivity contribution in [1.29, 1.82) is 0 Å². The van der Waals surface area contributed by atoms with Gasteiger partial charge in [-0.15, -0.1) is 0 Å². The van der Waals surface area contributed by atoms with Crippen LogP contribution in [0.5, 0.6) is 0 Å². The molecule has 0 spiro atoms. The third-order valence-corrected chi connectivity index (χ3v) is 2.71. The van der Waals surface area contributed by atoms with Gasteiger partial charge in [-0.3, -0.25) is 0 Å². The van der Waals surface area contributed by atoms with Gasteiger partial charge in [-0.1, -0.05) is 34.8 Å². The van der Waals surface area contributed by atoms with Crippen molar-refractivity contribution in [2.75, 3.05) is 5.32 Å². The molecule has 2 nitrogen and oxygen atoms in total. The van der Waals surface area contributed by atoms with Crippen LogP contribution in [-0.4, -0.2) is 4.98 Å². The number of pyridine rings is 1. The summed E-state index contributed by atoms with van der Waals surface area (Å²) in [6.07, 6.45) is 1.56. The monoisotopic (exact) mass is 272 g/mol. The van der Waals surface area contributed by atoms with E-state index in [4.69, 9.17) is 34.8 Å². The lowest BCUT2D eigenvalue weighted by molar-refractivity contribution is 1.31. The number of anilines is 2. The highest BCUT2D eigenvalue weighted by molar-refractivity contribution is 6.35. The second kappa shape index (κ2) is 4.91. The fourth-order valence-corrected chi connectivity index (χ4v) is 1.63. The van der Waals surface area contributed by atoms with Gasteiger partial charge in [-0.05, 0) is 30.3 Å². The largest absolute Gasteiger partial charge is 0.339 e. The van der Waals surface area contributed by atoms with E-state index in [1.807, 2.05) is 0 Å². The van der Waals surface area contributed by atoms with Gasteiger partial charge in [0, 0.05) is 11.2 Å². The molecule has 1 N–H and O–H groups in total. The van der Waals surface area contributed by atoms with Gasteiger partial charge in [-0.25, -0.2) is 4.98 Å².